The first-order valence-electron chi connectivity index (χ1n) is 9.11. The zero-order chi connectivity index (χ0) is 21.2. The zero-order valence-corrected chi connectivity index (χ0v) is 17.0. The number of rotatable bonds is 9. The summed E-state index contributed by atoms with van der Waals surface area (Å²) < 4.78 is 10.3. The molecule has 0 fully saturated rings. The van der Waals surface area contributed by atoms with Crippen molar-refractivity contribution in [3.63, 3.8) is 0 Å². The lowest BCUT2D eigenvalue weighted by atomic mass is 10.1. The van der Waals surface area contributed by atoms with Crippen LogP contribution in [0.1, 0.15) is 35.8 Å². The third-order valence-corrected chi connectivity index (χ3v) is 4.28. The summed E-state index contributed by atoms with van der Waals surface area (Å²) >= 11 is 6.10. The van der Waals surface area contributed by atoms with E-state index in [1.165, 1.54) is 0 Å². The molecule has 0 aliphatic heterocycles. The smallest absolute Gasteiger partial charge is 0.325 e. The number of hydrogen-bond acceptors (Lipinski definition) is 5. The summed E-state index contributed by atoms with van der Waals surface area (Å²) in [6, 6.07) is 13.5. The van der Waals surface area contributed by atoms with Crippen LogP contribution in [-0.2, 0) is 14.3 Å². The van der Waals surface area contributed by atoms with Crippen molar-refractivity contribution >= 4 is 29.4 Å². The van der Waals surface area contributed by atoms with E-state index in [1.54, 1.807) is 49.4 Å². The predicted octanol–water partition coefficient (Wildman–Crippen LogP) is 2.89. The van der Waals surface area contributed by atoms with E-state index in [0.29, 0.717) is 22.9 Å². The van der Waals surface area contributed by atoms with E-state index in [2.05, 4.69) is 10.6 Å². The van der Waals surface area contributed by atoms with Crippen molar-refractivity contribution in [3.8, 4) is 5.75 Å². The molecule has 2 N–H and O–H groups in total. The van der Waals surface area contributed by atoms with Gasteiger partial charge in [-0.15, -0.1) is 0 Å². The molecule has 0 saturated heterocycles. The van der Waals surface area contributed by atoms with Gasteiger partial charge in [0.25, 0.3) is 11.8 Å². The maximum absolute atomic E-state index is 12.2. The van der Waals surface area contributed by atoms with Crippen molar-refractivity contribution in [2.24, 2.45) is 0 Å². The second kappa shape index (κ2) is 11.1. The Kier molecular flexibility index (Phi) is 8.48. The Morgan fingerprint density at radius 3 is 2.48 bits per heavy atom. The van der Waals surface area contributed by atoms with Crippen molar-refractivity contribution in [2.45, 2.75) is 19.9 Å². The van der Waals surface area contributed by atoms with E-state index in [1.807, 2.05) is 13.0 Å². The van der Waals surface area contributed by atoms with Gasteiger partial charge in [-0.05, 0) is 37.6 Å². The third-order valence-electron chi connectivity index (χ3n) is 3.94. The lowest BCUT2D eigenvalue weighted by Crippen LogP contribution is -2.35. The first-order valence-corrected chi connectivity index (χ1v) is 9.49. The van der Waals surface area contributed by atoms with Gasteiger partial charge in [-0.3, -0.25) is 14.4 Å². The van der Waals surface area contributed by atoms with Gasteiger partial charge in [-0.2, -0.15) is 0 Å². The van der Waals surface area contributed by atoms with Gasteiger partial charge in [0.1, 0.15) is 12.3 Å². The highest BCUT2D eigenvalue weighted by atomic mass is 35.5. The second-order valence-corrected chi connectivity index (χ2v) is 6.49. The van der Waals surface area contributed by atoms with E-state index < -0.39 is 24.4 Å². The van der Waals surface area contributed by atoms with Crippen LogP contribution in [0.4, 0.5) is 0 Å². The molecule has 8 heteroatoms. The molecule has 0 saturated carbocycles. The maximum atomic E-state index is 12.2. The van der Waals surface area contributed by atoms with Crippen LogP contribution in [0.3, 0.4) is 0 Å². The molecule has 0 heterocycles. The van der Waals surface area contributed by atoms with Crippen molar-refractivity contribution in [3.05, 3.63) is 64.7 Å². The molecule has 0 bridgehead atoms. The third kappa shape index (κ3) is 6.80. The molecular weight excluding hydrogens is 396 g/mol. The second-order valence-electron chi connectivity index (χ2n) is 6.08. The molecule has 1 atom stereocenters. The van der Waals surface area contributed by atoms with E-state index in [-0.39, 0.29) is 12.6 Å². The lowest BCUT2D eigenvalue weighted by molar-refractivity contribution is -0.147. The number of carbonyl (C=O) groups excluding carboxylic acids is 3. The molecule has 2 aromatic rings. The average Bonchev–Trinajstić information content (AvgIpc) is 2.71. The van der Waals surface area contributed by atoms with Crippen LogP contribution in [0.2, 0.25) is 5.02 Å². The Balaban J connectivity index is 1.77. The first-order chi connectivity index (χ1) is 13.9. The molecule has 29 heavy (non-hydrogen) atoms. The summed E-state index contributed by atoms with van der Waals surface area (Å²) in [5.41, 5.74) is 1.07. The van der Waals surface area contributed by atoms with E-state index in [4.69, 9.17) is 21.1 Å². The van der Waals surface area contributed by atoms with Gasteiger partial charge in [-0.25, -0.2) is 0 Å². The highest BCUT2D eigenvalue weighted by molar-refractivity contribution is 6.31. The van der Waals surface area contributed by atoms with E-state index in [9.17, 15) is 14.4 Å². The minimum absolute atomic E-state index is 0.313. The quantitative estimate of drug-likeness (QED) is 0.611. The summed E-state index contributed by atoms with van der Waals surface area (Å²) in [6.45, 7) is 3.17. The Morgan fingerprint density at radius 1 is 1.07 bits per heavy atom. The lowest BCUT2D eigenvalue weighted by Gasteiger charge is -2.15. The number of carbonyl (C=O) groups is 3. The van der Waals surface area contributed by atoms with Gasteiger partial charge in [0.2, 0.25) is 0 Å². The summed E-state index contributed by atoms with van der Waals surface area (Å²) in [5, 5.41) is 5.69. The number of nitrogens with one attached hydrogen (secondary N) is 2. The van der Waals surface area contributed by atoms with Crippen LogP contribution in [0.5, 0.6) is 5.75 Å². The fraction of sp³-hybridized carbons (Fsp3) is 0.286. The highest BCUT2D eigenvalue weighted by Gasteiger charge is 2.16. The Hall–Kier alpha value is -3.06. The van der Waals surface area contributed by atoms with Crippen molar-refractivity contribution in [2.75, 3.05) is 19.8 Å². The zero-order valence-electron chi connectivity index (χ0n) is 16.2. The Bertz CT molecular complexity index is 872. The number of para-hydroxylation sites is 1. The molecule has 0 radical (unpaired) electrons. The molecule has 0 aromatic heterocycles. The molecule has 0 aliphatic carbocycles. The van der Waals surface area contributed by atoms with E-state index in [0.717, 1.165) is 5.56 Å². The molecule has 0 spiro atoms. The topological polar surface area (TPSA) is 93.7 Å². The van der Waals surface area contributed by atoms with Crippen molar-refractivity contribution in [1.82, 2.24) is 10.6 Å². The van der Waals surface area contributed by atoms with Gasteiger partial charge < -0.3 is 20.1 Å². The highest BCUT2D eigenvalue weighted by Crippen LogP contribution is 2.22. The number of esters is 1. The molecular formula is C21H23ClN2O5. The molecule has 2 aromatic carbocycles. The van der Waals surface area contributed by atoms with Gasteiger partial charge in [0.05, 0.1) is 18.2 Å². The van der Waals surface area contributed by atoms with Gasteiger partial charge >= 0.3 is 5.97 Å². The number of amides is 2. The van der Waals surface area contributed by atoms with Gasteiger partial charge in [-0.1, -0.05) is 41.9 Å². The largest absolute Gasteiger partial charge is 0.493 e. The van der Waals surface area contributed by atoms with Crippen molar-refractivity contribution < 1.29 is 23.9 Å². The SMILES string of the molecule is CCOc1ccccc1C(=O)NCC(=O)OCC(=O)N[C@H](C)c1ccccc1Cl. The Labute approximate surface area is 174 Å². The van der Waals surface area contributed by atoms with Crippen LogP contribution in [0.15, 0.2) is 48.5 Å². The predicted molar refractivity (Wildman–Crippen MR) is 109 cm³/mol. The minimum Gasteiger partial charge on any atom is -0.493 e. The first kappa shape index (κ1) is 22.2. The molecule has 2 amide bonds. The van der Waals surface area contributed by atoms with E-state index >= 15 is 0 Å². The normalized spacial score (nSPS) is 11.3. The summed E-state index contributed by atoms with van der Waals surface area (Å²) in [7, 11) is 0. The fourth-order valence-electron chi connectivity index (χ4n) is 2.57. The molecule has 0 unspecified atom stereocenters. The number of halogens is 1. The van der Waals surface area contributed by atoms with Crippen LogP contribution < -0.4 is 15.4 Å². The number of hydrogen-bond donors (Lipinski definition) is 2. The molecule has 7 nitrogen and oxygen atoms in total. The van der Waals surface area contributed by atoms with Crippen LogP contribution in [0, 0.1) is 0 Å². The molecule has 154 valence electrons. The minimum atomic E-state index is -0.729. The van der Waals surface area contributed by atoms with Crippen LogP contribution in [-0.4, -0.2) is 37.5 Å². The maximum Gasteiger partial charge on any atom is 0.325 e. The molecule has 0 aliphatic rings. The van der Waals surface area contributed by atoms with Crippen LogP contribution in [0.25, 0.3) is 0 Å². The number of benzene rings is 2. The summed E-state index contributed by atoms with van der Waals surface area (Å²) in [4.78, 5) is 36.0. The van der Waals surface area contributed by atoms with Gasteiger partial charge in [0, 0.05) is 5.02 Å². The van der Waals surface area contributed by atoms with Crippen LogP contribution >= 0.6 is 11.6 Å². The monoisotopic (exact) mass is 418 g/mol. The summed E-state index contributed by atoms with van der Waals surface area (Å²) in [6.07, 6.45) is 0. The number of ether oxygens (including phenoxy) is 2. The van der Waals surface area contributed by atoms with Crippen molar-refractivity contribution in [1.29, 1.82) is 0 Å². The fourth-order valence-corrected chi connectivity index (χ4v) is 2.87. The van der Waals surface area contributed by atoms with Gasteiger partial charge in [0.15, 0.2) is 6.61 Å². The average molecular weight is 419 g/mol. The Morgan fingerprint density at radius 2 is 1.76 bits per heavy atom. The molecule has 2 rings (SSSR count). The summed E-state index contributed by atoms with van der Waals surface area (Å²) in [5.74, 6) is -1.25. The standard InChI is InChI=1S/C21H23ClN2O5/c1-3-28-18-11-7-5-9-16(18)21(27)23-12-20(26)29-13-19(25)24-14(2)15-8-4-6-10-17(15)22/h4-11,14H,3,12-13H2,1-2H3,(H,23,27)(H,24,25)/t14-/m1/s1.